The van der Waals surface area contributed by atoms with E-state index in [1.807, 2.05) is 6.07 Å². The maximum Gasteiger partial charge on any atom is 0.326 e. The number of amides is 2. The van der Waals surface area contributed by atoms with Crippen molar-refractivity contribution in [3.63, 3.8) is 0 Å². The number of carboxylic acid groups (broad SMARTS) is 1. The molecule has 2 amide bonds. The number of hydrogen-bond donors (Lipinski definition) is 3. The molecule has 2 rings (SSSR count). The number of anilines is 1. The van der Waals surface area contributed by atoms with E-state index in [0.717, 1.165) is 0 Å². The number of para-hydroxylation sites is 1. The minimum Gasteiger partial charge on any atom is -0.480 e. The van der Waals surface area contributed by atoms with Crippen molar-refractivity contribution in [3.05, 3.63) is 65.2 Å². The van der Waals surface area contributed by atoms with Crippen LogP contribution in [0.4, 0.5) is 5.69 Å². The number of carboxylic acids is 1. The Kier molecular flexibility index (Phi) is 6.06. The van der Waals surface area contributed by atoms with Gasteiger partial charge in [-0.15, -0.1) is 0 Å². The zero-order chi connectivity index (χ0) is 19.1. The zero-order valence-electron chi connectivity index (χ0n) is 14.0. The summed E-state index contributed by atoms with van der Waals surface area (Å²) in [6, 6.07) is 13.7. The van der Waals surface area contributed by atoms with Crippen LogP contribution in [-0.4, -0.2) is 28.9 Å². The van der Waals surface area contributed by atoms with Crippen molar-refractivity contribution in [2.24, 2.45) is 0 Å². The topological polar surface area (TPSA) is 119 Å². The molecule has 0 aliphatic heterocycles. The number of hydrogen-bond acceptors (Lipinski definition) is 4. The van der Waals surface area contributed by atoms with Gasteiger partial charge in [-0.3, -0.25) is 9.59 Å². The van der Waals surface area contributed by atoms with Crippen molar-refractivity contribution >= 4 is 23.5 Å². The SMILES string of the molecule is CC(=O)Nc1ccccc1C(=O)N[C@@H](Cc1cccc(C#N)c1)C(=O)O. The molecule has 0 radical (unpaired) electrons. The van der Waals surface area contributed by atoms with Crippen molar-refractivity contribution in [3.8, 4) is 6.07 Å². The van der Waals surface area contributed by atoms with Crippen LogP contribution in [0.2, 0.25) is 0 Å². The molecule has 0 bridgehead atoms. The fourth-order valence-corrected chi connectivity index (χ4v) is 2.42. The molecule has 0 aromatic heterocycles. The van der Waals surface area contributed by atoms with Crippen molar-refractivity contribution in [1.29, 1.82) is 5.26 Å². The third-order valence-electron chi connectivity index (χ3n) is 3.58. The van der Waals surface area contributed by atoms with E-state index in [1.165, 1.54) is 13.0 Å². The number of nitrogens with zero attached hydrogens (tertiary/aromatic N) is 1. The lowest BCUT2D eigenvalue weighted by atomic mass is 10.0. The van der Waals surface area contributed by atoms with Crippen LogP contribution >= 0.6 is 0 Å². The number of carbonyl (C=O) groups is 3. The predicted molar refractivity (Wildman–Crippen MR) is 94.5 cm³/mol. The largest absolute Gasteiger partial charge is 0.480 e. The van der Waals surface area contributed by atoms with Gasteiger partial charge in [0, 0.05) is 13.3 Å². The van der Waals surface area contributed by atoms with E-state index < -0.39 is 17.9 Å². The minimum absolute atomic E-state index is 0.0267. The average molecular weight is 351 g/mol. The van der Waals surface area contributed by atoms with Crippen LogP contribution < -0.4 is 10.6 Å². The second-order valence-corrected chi connectivity index (χ2v) is 5.61. The Hall–Kier alpha value is -3.66. The van der Waals surface area contributed by atoms with Crippen LogP contribution in [0.15, 0.2) is 48.5 Å². The Bertz CT molecular complexity index is 886. The Morgan fingerprint density at radius 2 is 1.88 bits per heavy atom. The van der Waals surface area contributed by atoms with Crippen LogP contribution in [0.5, 0.6) is 0 Å². The summed E-state index contributed by atoms with van der Waals surface area (Å²) in [5.41, 5.74) is 1.49. The molecule has 0 aliphatic rings. The van der Waals surface area contributed by atoms with E-state index in [1.54, 1.807) is 42.5 Å². The lowest BCUT2D eigenvalue weighted by Crippen LogP contribution is -2.42. The number of rotatable bonds is 6. The Morgan fingerprint density at radius 1 is 1.15 bits per heavy atom. The average Bonchev–Trinajstić information content (AvgIpc) is 2.61. The molecule has 0 saturated carbocycles. The first-order valence-electron chi connectivity index (χ1n) is 7.80. The van der Waals surface area contributed by atoms with Gasteiger partial charge in [-0.05, 0) is 29.8 Å². The third kappa shape index (κ3) is 4.92. The molecule has 0 saturated heterocycles. The van der Waals surface area contributed by atoms with E-state index in [9.17, 15) is 19.5 Å². The van der Waals surface area contributed by atoms with Gasteiger partial charge in [-0.25, -0.2) is 4.79 Å². The summed E-state index contributed by atoms with van der Waals surface area (Å²) in [7, 11) is 0. The summed E-state index contributed by atoms with van der Waals surface area (Å²) in [5.74, 6) is -2.15. The fourth-order valence-electron chi connectivity index (χ4n) is 2.42. The third-order valence-corrected chi connectivity index (χ3v) is 3.58. The Labute approximate surface area is 150 Å². The van der Waals surface area contributed by atoms with Gasteiger partial charge in [0.25, 0.3) is 5.91 Å². The highest BCUT2D eigenvalue weighted by atomic mass is 16.4. The summed E-state index contributed by atoms with van der Waals surface area (Å²) in [6.45, 7) is 1.32. The number of nitriles is 1. The molecule has 0 heterocycles. The lowest BCUT2D eigenvalue weighted by Gasteiger charge is -2.16. The second-order valence-electron chi connectivity index (χ2n) is 5.61. The minimum atomic E-state index is -1.20. The highest BCUT2D eigenvalue weighted by molar-refractivity contribution is 6.04. The van der Waals surface area contributed by atoms with Crippen LogP contribution in [-0.2, 0) is 16.0 Å². The summed E-state index contributed by atoms with van der Waals surface area (Å²) in [6.07, 6.45) is 0.0267. The van der Waals surface area contributed by atoms with Gasteiger partial charge >= 0.3 is 5.97 Å². The van der Waals surface area contributed by atoms with Gasteiger partial charge < -0.3 is 15.7 Å². The molecule has 3 N–H and O–H groups in total. The summed E-state index contributed by atoms with van der Waals surface area (Å²) in [4.78, 5) is 35.3. The molecular formula is C19H17N3O4. The Balaban J connectivity index is 2.20. The number of aliphatic carboxylic acids is 1. The highest BCUT2D eigenvalue weighted by Crippen LogP contribution is 2.16. The van der Waals surface area contributed by atoms with E-state index in [0.29, 0.717) is 16.8 Å². The van der Waals surface area contributed by atoms with E-state index in [-0.39, 0.29) is 17.9 Å². The maximum absolute atomic E-state index is 12.5. The summed E-state index contributed by atoms with van der Waals surface area (Å²) in [5, 5.41) is 23.4. The zero-order valence-corrected chi connectivity index (χ0v) is 14.0. The molecule has 0 unspecified atom stereocenters. The first-order valence-corrected chi connectivity index (χ1v) is 7.80. The molecule has 2 aromatic rings. The molecule has 132 valence electrons. The maximum atomic E-state index is 12.5. The van der Waals surface area contributed by atoms with Crippen LogP contribution in [0.25, 0.3) is 0 Å². The van der Waals surface area contributed by atoms with E-state index in [4.69, 9.17) is 5.26 Å². The van der Waals surface area contributed by atoms with Crippen molar-refractivity contribution in [1.82, 2.24) is 5.32 Å². The molecular weight excluding hydrogens is 334 g/mol. The molecule has 0 spiro atoms. The Morgan fingerprint density at radius 3 is 2.54 bits per heavy atom. The summed E-state index contributed by atoms with van der Waals surface area (Å²) >= 11 is 0. The van der Waals surface area contributed by atoms with Gasteiger partial charge in [0.05, 0.1) is 22.9 Å². The van der Waals surface area contributed by atoms with Crippen LogP contribution in [0.3, 0.4) is 0 Å². The molecule has 7 heteroatoms. The van der Waals surface area contributed by atoms with Crippen LogP contribution in [0, 0.1) is 11.3 Å². The molecule has 26 heavy (non-hydrogen) atoms. The smallest absolute Gasteiger partial charge is 0.326 e. The molecule has 1 atom stereocenters. The predicted octanol–water partition coefficient (Wildman–Crippen LogP) is 1.94. The number of carbonyl (C=O) groups excluding carboxylic acids is 2. The molecule has 0 fully saturated rings. The lowest BCUT2D eigenvalue weighted by molar-refractivity contribution is -0.139. The normalized spacial score (nSPS) is 11.1. The van der Waals surface area contributed by atoms with Gasteiger partial charge in [0.2, 0.25) is 5.91 Å². The van der Waals surface area contributed by atoms with Crippen LogP contribution in [0.1, 0.15) is 28.4 Å². The van der Waals surface area contributed by atoms with Gasteiger partial charge in [0.1, 0.15) is 6.04 Å². The molecule has 2 aromatic carbocycles. The van der Waals surface area contributed by atoms with E-state index in [2.05, 4.69) is 10.6 Å². The number of nitrogens with one attached hydrogen (secondary N) is 2. The standard InChI is InChI=1S/C19H17N3O4/c1-12(23)21-16-8-3-2-7-15(16)18(24)22-17(19(25)26)10-13-5-4-6-14(9-13)11-20/h2-9,17H,10H2,1H3,(H,21,23)(H,22,24)(H,25,26)/t17-/m0/s1. The highest BCUT2D eigenvalue weighted by Gasteiger charge is 2.22. The van der Waals surface area contributed by atoms with Gasteiger partial charge in [0.15, 0.2) is 0 Å². The second kappa shape index (κ2) is 8.44. The van der Waals surface area contributed by atoms with Crippen molar-refractivity contribution < 1.29 is 19.5 Å². The van der Waals surface area contributed by atoms with Gasteiger partial charge in [-0.1, -0.05) is 24.3 Å². The van der Waals surface area contributed by atoms with Gasteiger partial charge in [-0.2, -0.15) is 5.26 Å². The monoisotopic (exact) mass is 351 g/mol. The summed E-state index contributed by atoms with van der Waals surface area (Å²) < 4.78 is 0. The first-order chi connectivity index (χ1) is 12.4. The number of benzene rings is 2. The molecule has 7 nitrogen and oxygen atoms in total. The van der Waals surface area contributed by atoms with Crippen molar-refractivity contribution in [2.75, 3.05) is 5.32 Å². The van der Waals surface area contributed by atoms with E-state index >= 15 is 0 Å². The molecule has 0 aliphatic carbocycles. The quantitative estimate of drug-likeness (QED) is 0.735. The van der Waals surface area contributed by atoms with Crippen molar-refractivity contribution in [2.45, 2.75) is 19.4 Å². The first kappa shape index (κ1) is 18.7. The fraction of sp³-hybridized carbons (Fsp3) is 0.158.